The number of anilines is 1. The van der Waals surface area contributed by atoms with Crippen molar-refractivity contribution >= 4 is 23.3 Å². The molecule has 0 saturated heterocycles. The molecule has 1 fully saturated rings. The third kappa shape index (κ3) is 4.47. The fourth-order valence-corrected chi connectivity index (χ4v) is 3.97. The van der Waals surface area contributed by atoms with E-state index in [2.05, 4.69) is 10.4 Å². The highest BCUT2D eigenvalue weighted by molar-refractivity contribution is 6.30. The molecule has 0 radical (unpaired) electrons. The quantitative estimate of drug-likeness (QED) is 0.529. The fraction of sp³-hybridized carbons (Fsp3) is 0.318. The van der Waals surface area contributed by atoms with Gasteiger partial charge in [0.1, 0.15) is 5.69 Å². The van der Waals surface area contributed by atoms with Crippen LogP contribution in [0.4, 0.5) is 18.9 Å². The van der Waals surface area contributed by atoms with Crippen molar-refractivity contribution in [3.8, 4) is 0 Å². The molecule has 1 aromatic carbocycles. The Labute approximate surface area is 191 Å². The zero-order valence-corrected chi connectivity index (χ0v) is 18.4. The molecule has 174 valence electrons. The van der Waals surface area contributed by atoms with Gasteiger partial charge in [-0.3, -0.25) is 9.48 Å². The Hall–Kier alpha value is -3.27. The summed E-state index contributed by atoms with van der Waals surface area (Å²) in [7, 11) is 1.52. The maximum atomic E-state index is 14.3. The summed E-state index contributed by atoms with van der Waals surface area (Å²) in [6.45, 7) is 1.58. The van der Waals surface area contributed by atoms with Crippen LogP contribution >= 0.6 is 11.6 Å². The summed E-state index contributed by atoms with van der Waals surface area (Å²) in [6.07, 6.45) is -2.42. The minimum atomic E-state index is -4.84. The average molecular weight is 481 g/mol. The predicted octanol–water partition coefficient (Wildman–Crippen LogP) is 4.80. The van der Waals surface area contributed by atoms with Crippen molar-refractivity contribution in [1.82, 2.24) is 14.3 Å². The second kappa shape index (κ2) is 8.26. The molecule has 2 N–H and O–H groups in total. The minimum Gasteiger partial charge on any atom is -0.476 e. The third-order valence-electron chi connectivity index (χ3n) is 5.48. The number of nitrogens with one attached hydrogen (secondary N) is 1. The van der Waals surface area contributed by atoms with E-state index in [4.69, 9.17) is 11.6 Å². The van der Waals surface area contributed by atoms with Crippen molar-refractivity contribution in [1.29, 1.82) is 0 Å². The molecular formula is C22H20ClF3N4O3. The van der Waals surface area contributed by atoms with Gasteiger partial charge in [0.25, 0.3) is 5.56 Å². The molecule has 2 heterocycles. The highest BCUT2D eigenvalue weighted by Gasteiger charge is 2.46. The number of carboxylic acid groups (broad SMARTS) is 1. The highest BCUT2D eigenvalue weighted by Crippen LogP contribution is 2.45. The molecule has 1 saturated carbocycles. The Morgan fingerprint density at radius 3 is 2.42 bits per heavy atom. The Balaban J connectivity index is 1.97. The standard InChI is InChI=1S/C22H20ClF3N4O3/c1-11-9-14(10-29(2)20(11)31)27-17(12-3-5-13(23)6-4-12)16-18(21(32)33)28-30(15-7-8-15)19(16)22(24,25)26/h3-6,9-10,15,17,27H,7-8H2,1-2H3,(H,32,33). The number of pyridine rings is 1. The molecule has 0 aliphatic heterocycles. The molecule has 4 rings (SSSR count). The Morgan fingerprint density at radius 2 is 1.91 bits per heavy atom. The van der Waals surface area contributed by atoms with Gasteiger partial charge in [0, 0.05) is 29.4 Å². The van der Waals surface area contributed by atoms with Crippen LogP contribution < -0.4 is 10.9 Å². The lowest BCUT2D eigenvalue weighted by molar-refractivity contribution is -0.145. The van der Waals surface area contributed by atoms with Crippen LogP contribution in [0.1, 0.15) is 57.8 Å². The van der Waals surface area contributed by atoms with Crippen molar-refractivity contribution in [2.45, 2.75) is 38.0 Å². The maximum Gasteiger partial charge on any atom is 0.433 e. The van der Waals surface area contributed by atoms with Crippen LogP contribution in [0.3, 0.4) is 0 Å². The number of carboxylic acids is 1. The molecule has 11 heteroatoms. The van der Waals surface area contributed by atoms with Gasteiger partial charge in [0.05, 0.1) is 17.8 Å². The molecule has 3 aromatic rings. The lowest BCUT2D eigenvalue weighted by Gasteiger charge is -2.23. The largest absolute Gasteiger partial charge is 0.476 e. The molecule has 1 unspecified atom stereocenters. The fourth-order valence-electron chi connectivity index (χ4n) is 3.85. The van der Waals surface area contributed by atoms with Crippen LogP contribution in [0, 0.1) is 6.92 Å². The lowest BCUT2D eigenvalue weighted by Crippen LogP contribution is -2.23. The summed E-state index contributed by atoms with van der Waals surface area (Å²) >= 11 is 5.97. The van der Waals surface area contributed by atoms with Crippen molar-refractivity contribution in [3.63, 3.8) is 0 Å². The predicted molar refractivity (Wildman–Crippen MR) is 116 cm³/mol. The molecule has 0 bridgehead atoms. The number of halogens is 4. The van der Waals surface area contributed by atoms with E-state index in [9.17, 15) is 27.9 Å². The van der Waals surface area contributed by atoms with Crippen LogP contribution in [-0.4, -0.2) is 25.4 Å². The summed E-state index contributed by atoms with van der Waals surface area (Å²) in [5.74, 6) is -1.56. The van der Waals surface area contributed by atoms with E-state index in [1.807, 2.05) is 0 Å². The van der Waals surface area contributed by atoms with Crippen LogP contribution in [0.25, 0.3) is 0 Å². The van der Waals surface area contributed by atoms with Crippen LogP contribution in [0.5, 0.6) is 0 Å². The molecule has 1 aliphatic carbocycles. The summed E-state index contributed by atoms with van der Waals surface area (Å²) in [5, 5.41) is 17.0. The third-order valence-corrected chi connectivity index (χ3v) is 5.73. The second-order valence-corrected chi connectivity index (χ2v) is 8.48. The normalized spacial score (nSPS) is 14.8. The van der Waals surface area contributed by atoms with E-state index in [1.54, 1.807) is 6.92 Å². The number of rotatable bonds is 6. The van der Waals surface area contributed by atoms with Crippen molar-refractivity contribution < 1.29 is 23.1 Å². The number of aryl methyl sites for hydroxylation is 2. The van der Waals surface area contributed by atoms with Gasteiger partial charge in [-0.15, -0.1) is 0 Å². The number of aromatic carboxylic acids is 1. The Kier molecular flexibility index (Phi) is 5.73. The molecular weight excluding hydrogens is 461 g/mol. The average Bonchev–Trinajstić information content (AvgIpc) is 3.49. The van der Waals surface area contributed by atoms with Gasteiger partial charge in [-0.25, -0.2) is 4.79 Å². The first-order chi connectivity index (χ1) is 15.5. The van der Waals surface area contributed by atoms with E-state index in [-0.39, 0.29) is 5.56 Å². The van der Waals surface area contributed by atoms with Crippen LogP contribution in [-0.2, 0) is 13.2 Å². The summed E-state index contributed by atoms with van der Waals surface area (Å²) in [5.41, 5.74) is -1.45. The van der Waals surface area contributed by atoms with Gasteiger partial charge in [-0.05, 0) is 43.5 Å². The van der Waals surface area contributed by atoms with E-state index in [1.165, 1.54) is 48.1 Å². The number of aromatic nitrogens is 3. The van der Waals surface area contributed by atoms with Gasteiger partial charge in [-0.1, -0.05) is 23.7 Å². The van der Waals surface area contributed by atoms with Gasteiger partial charge in [0.2, 0.25) is 0 Å². The van der Waals surface area contributed by atoms with E-state index in [0.29, 0.717) is 34.7 Å². The summed E-state index contributed by atoms with van der Waals surface area (Å²) in [4.78, 5) is 24.1. The first-order valence-corrected chi connectivity index (χ1v) is 10.5. The first-order valence-electron chi connectivity index (χ1n) is 10.1. The molecule has 1 aliphatic rings. The topological polar surface area (TPSA) is 89.2 Å². The molecule has 33 heavy (non-hydrogen) atoms. The second-order valence-electron chi connectivity index (χ2n) is 8.05. The Bertz CT molecular complexity index is 1250. The monoisotopic (exact) mass is 480 g/mol. The van der Waals surface area contributed by atoms with Crippen LogP contribution in [0.2, 0.25) is 5.02 Å². The number of alkyl halides is 3. The van der Waals surface area contributed by atoms with Crippen molar-refractivity contribution in [2.75, 3.05) is 5.32 Å². The van der Waals surface area contributed by atoms with Gasteiger partial charge >= 0.3 is 12.1 Å². The van der Waals surface area contributed by atoms with Gasteiger partial charge in [-0.2, -0.15) is 18.3 Å². The van der Waals surface area contributed by atoms with Crippen molar-refractivity contribution in [2.24, 2.45) is 7.05 Å². The smallest absolute Gasteiger partial charge is 0.433 e. The molecule has 1 atom stereocenters. The van der Waals surface area contributed by atoms with E-state index < -0.39 is 41.2 Å². The number of nitrogens with zero attached hydrogens (tertiary/aromatic N) is 3. The number of benzene rings is 1. The zero-order chi connectivity index (χ0) is 24.1. The molecule has 0 spiro atoms. The zero-order valence-electron chi connectivity index (χ0n) is 17.7. The summed E-state index contributed by atoms with van der Waals surface area (Å²) in [6, 6.07) is 5.84. The molecule has 2 aromatic heterocycles. The van der Waals surface area contributed by atoms with Crippen molar-refractivity contribution in [3.05, 3.63) is 80.0 Å². The van der Waals surface area contributed by atoms with Gasteiger partial charge < -0.3 is 15.0 Å². The SMILES string of the molecule is Cc1cc(NC(c2ccc(Cl)cc2)c2c(C(=O)O)nn(C3CC3)c2C(F)(F)F)cn(C)c1=O. The molecule has 7 nitrogen and oxygen atoms in total. The number of hydrogen-bond acceptors (Lipinski definition) is 4. The van der Waals surface area contributed by atoms with Crippen LogP contribution in [0.15, 0.2) is 41.3 Å². The van der Waals surface area contributed by atoms with E-state index >= 15 is 0 Å². The number of hydrogen-bond donors (Lipinski definition) is 2. The lowest BCUT2D eigenvalue weighted by atomic mass is 9.95. The van der Waals surface area contributed by atoms with Gasteiger partial charge in [0.15, 0.2) is 5.69 Å². The highest BCUT2D eigenvalue weighted by atomic mass is 35.5. The number of carbonyl (C=O) groups is 1. The Morgan fingerprint density at radius 1 is 1.27 bits per heavy atom. The molecule has 0 amide bonds. The van der Waals surface area contributed by atoms with E-state index in [0.717, 1.165) is 4.68 Å². The maximum absolute atomic E-state index is 14.3. The minimum absolute atomic E-state index is 0.257. The first kappa shape index (κ1) is 22.9. The summed E-state index contributed by atoms with van der Waals surface area (Å²) < 4.78 is 44.9.